The van der Waals surface area contributed by atoms with E-state index in [1.165, 1.54) is 21.2 Å². The largest absolute Gasteiger partial charge is 0.283 e. The minimum Gasteiger partial charge on any atom is -0.283 e. The lowest BCUT2D eigenvalue weighted by atomic mass is 10.2. The molecule has 0 atom stereocenters. The first-order chi connectivity index (χ1) is 9.43. The molecule has 3 nitrogen and oxygen atoms in total. The summed E-state index contributed by atoms with van der Waals surface area (Å²) >= 11 is 3.35. The Kier molecular flexibility index (Phi) is 2.53. The minimum atomic E-state index is 0.903. The number of para-hydroxylation sites is 2. The summed E-state index contributed by atoms with van der Waals surface area (Å²) in [7, 11) is 0. The van der Waals surface area contributed by atoms with E-state index >= 15 is 0 Å². The first-order valence-electron chi connectivity index (χ1n) is 5.86. The molecule has 0 fully saturated rings. The van der Waals surface area contributed by atoms with Gasteiger partial charge in [-0.05, 0) is 24.3 Å². The Labute approximate surface area is 118 Å². The molecule has 1 aliphatic heterocycles. The fourth-order valence-corrected chi connectivity index (χ4v) is 3.82. The fourth-order valence-electron chi connectivity index (χ4n) is 2.18. The van der Waals surface area contributed by atoms with E-state index in [0.29, 0.717) is 0 Å². The number of hydrogen-bond donors (Lipinski definition) is 0. The van der Waals surface area contributed by atoms with Crippen molar-refractivity contribution >= 4 is 39.6 Å². The standard InChI is InChI=1S/C14H9N3S2/c1-3-7-12-10(5-1)17(14-16-15-9-18-14)11-6-2-4-8-13(11)19-12/h1-9H. The third kappa shape index (κ3) is 1.74. The molecular formula is C14H9N3S2. The summed E-state index contributed by atoms with van der Waals surface area (Å²) in [5, 5.41) is 9.09. The SMILES string of the molecule is c1ccc2c(c1)Sc1ccccc1N2c1nncs1. The van der Waals surface area contributed by atoms with Gasteiger partial charge in [0.1, 0.15) is 5.51 Å². The second kappa shape index (κ2) is 4.36. The van der Waals surface area contributed by atoms with Gasteiger partial charge in [0, 0.05) is 9.79 Å². The quantitative estimate of drug-likeness (QED) is 0.515. The van der Waals surface area contributed by atoms with Gasteiger partial charge in [-0.25, -0.2) is 0 Å². The molecule has 0 amide bonds. The van der Waals surface area contributed by atoms with Crippen molar-refractivity contribution < 1.29 is 0 Å². The van der Waals surface area contributed by atoms with Gasteiger partial charge in [0.05, 0.1) is 11.4 Å². The maximum atomic E-state index is 4.22. The van der Waals surface area contributed by atoms with E-state index in [2.05, 4.69) is 63.6 Å². The van der Waals surface area contributed by atoms with Gasteiger partial charge in [-0.2, -0.15) is 0 Å². The van der Waals surface area contributed by atoms with Gasteiger partial charge in [0.2, 0.25) is 5.13 Å². The lowest BCUT2D eigenvalue weighted by Crippen LogP contribution is -2.14. The van der Waals surface area contributed by atoms with Crippen LogP contribution in [-0.2, 0) is 0 Å². The molecule has 1 aliphatic rings. The van der Waals surface area contributed by atoms with Crippen LogP contribution in [-0.4, -0.2) is 10.2 Å². The monoisotopic (exact) mass is 283 g/mol. The van der Waals surface area contributed by atoms with Crippen LogP contribution in [0.25, 0.3) is 0 Å². The Balaban J connectivity index is 1.98. The van der Waals surface area contributed by atoms with E-state index in [-0.39, 0.29) is 0 Å². The molecule has 0 aliphatic carbocycles. The highest BCUT2D eigenvalue weighted by Crippen LogP contribution is 2.51. The summed E-state index contributed by atoms with van der Waals surface area (Å²) in [4.78, 5) is 4.67. The van der Waals surface area contributed by atoms with Crippen LogP contribution in [0.4, 0.5) is 16.5 Å². The van der Waals surface area contributed by atoms with E-state index in [9.17, 15) is 0 Å². The molecule has 2 aromatic carbocycles. The molecule has 1 aromatic heterocycles. The average molecular weight is 283 g/mol. The topological polar surface area (TPSA) is 29.0 Å². The van der Waals surface area contributed by atoms with Crippen LogP contribution in [0.2, 0.25) is 0 Å². The zero-order valence-corrected chi connectivity index (χ0v) is 11.5. The van der Waals surface area contributed by atoms with Crippen LogP contribution < -0.4 is 4.90 Å². The number of aromatic nitrogens is 2. The van der Waals surface area contributed by atoms with E-state index in [4.69, 9.17) is 0 Å². The normalized spacial score (nSPS) is 12.9. The van der Waals surface area contributed by atoms with Crippen molar-refractivity contribution in [1.29, 1.82) is 0 Å². The van der Waals surface area contributed by atoms with Crippen molar-refractivity contribution in [2.75, 3.05) is 4.90 Å². The van der Waals surface area contributed by atoms with Crippen LogP contribution in [0.1, 0.15) is 0 Å². The molecule has 0 saturated heterocycles. The molecular weight excluding hydrogens is 274 g/mol. The van der Waals surface area contributed by atoms with Crippen LogP contribution in [0, 0.1) is 0 Å². The summed E-state index contributed by atoms with van der Waals surface area (Å²) in [5.41, 5.74) is 4.10. The van der Waals surface area contributed by atoms with E-state index in [0.717, 1.165) is 5.13 Å². The average Bonchev–Trinajstić information content (AvgIpc) is 2.98. The smallest absolute Gasteiger partial charge is 0.217 e. The van der Waals surface area contributed by atoms with Crippen LogP contribution >= 0.6 is 23.1 Å². The molecule has 0 radical (unpaired) electrons. The maximum absolute atomic E-state index is 4.22. The van der Waals surface area contributed by atoms with Gasteiger partial charge < -0.3 is 0 Å². The summed E-state index contributed by atoms with van der Waals surface area (Å²) in [5.74, 6) is 0. The number of fused-ring (bicyclic) bond motifs is 2. The molecule has 92 valence electrons. The van der Waals surface area contributed by atoms with E-state index in [1.54, 1.807) is 28.6 Å². The predicted octanol–water partition coefficient (Wildman–Crippen LogP) is 4.47. The Morgan fingerprint density at radius 3 is 2.05 bits per heavy atom. The van der Waals surface area contributed by atoms with Gasteiger partial charge in [0.15, 0.2) is 0 Å². The Morgan fingerprint density at radius 1 is 0.842 bits per heavy atom. The van der Waals surface area contributed by atoms with Crippen molar-refractivity contribution in [3.63, 3.8) is 0 Å². The van der Waals surface area contributed by atoms with Crippen molar-refractivity contribution in [3.8, 4) is 0 Å². The van der Waals surface area contributed by atoms with Crippen molar-refractivity contribution in [2.45, 2.75) is 9.79 Å². The highest BCUT2D eigenvalue weighted by atomic mass is 32.2. The van der Waals surface area contributed by atoms with E-state index in [1.807, 2.05) is 0 Å². The maximum Gasteiger partial charge on any atom is 0.217 e. The van der Waals surface area contributed by atoms with Crippen molar-refractivity contribution in [1.82, 2.24) is 10.2 Å². The van der Waals surface area contributed by atoms with Gasteiger partial charge >= 0.3 is 0 Å². The van der Waals surface area contributed by atoms with Crippen LogP contribution in [0.3, 0.4) is 0 Å². The summed E-state index contributed by atoms with van der Waals surface area (Å²) < 4.78 is 0. The van der Waals surface area contributed by atoms with Crippen LogP contribution in [0.15, 0.2) is 63.8 Å². The van der Waals surface area contributed by atoms with Gasteiger partial charge in [-0.15, -0.1) is 10.2 Å². The summed E-state index contributed by atoms with van der Waals surface area (Å²) in [6.45, 7) is 0. The Hall–Kier alpha value is -1.85. The summed E-state index contributed by atoms with van der Waals surface area (Å²) in [6.07, 6.45) is 0. The Bertz CT molecular complexity index is 680. The second-order valence-corrected chi connectivity index (χ2v) is 5.99. The lowest BCUT2D eigenvalue weighted by Gasteiger charge is -2.30. The number of rotatable bonds is 1. The number of hydrogen-bond acceptors (Lipinski definition) is 5. The predicted molar refractivity (Wildman–Crippen MR) is 78.7 cm³/mol. The molecule has 19 heavy (non-hydrogen) atoms. The second-order valence-electron chi connectivity index (χ2n) is 4.09. The number of benzene rings is 2. The van der Waals surface area contributed by atoms with Gasteiger partial charge in [0.25, 0.3) is 0 Å². The molecule has 0 unspecified atom stereocenters. The van der Waals surface area contributed by atoms with Gasteiger partial charge in [-0.1, -0.05) is 47.4 Å². The highest BCUT2D eigenvalue weighted by Gasteiger charge is 2.25. The van der Waals surface area contributed by atoms with Crippen molar-refractivity contribution in [3.05, 3.63) is 54.0 Å². The Morgan fingerprint density at radius 2 is 1.47 bits per heavy atom. The summed E-state index contributed by atoms with van der Waals surface area (Å²) in [6, 6.07) is 16.8. The first-order valence-corrected chi connectivity index (χ1v) is 7.55. The van der Waals surface area contributed by atoms with Gasteiger partial charge in [-0.3, -0.25) is 4.90 Å². The highest BCUT2D eigenvalue weighted by molar-refractivity contribution is 7.99. The lowest BCUT2D eigenvalue weighted by molar-refractivity contribution is 1.04. The third-order valence-corrected chi connectivity index (χ3v) is 4.78. The molecule has 2 heterocycles. The molecule has 0 spiro atoms. The number of nitrogens with zero attached hydrogens (tertiary/aromatic N) is 3. The molecule has 4 rings (SSSR count). The minimum absolute atomic E-state index is 0.903. The number of anilines is 3. The molecule has 0 N–H and O–H groups in total. The molecule has 0 bridgehead atoms. The molecule has 5 heteroatoms. The van der Waals surface area contributed by atoms with Crippen molar-refractivity contribution in [2.24, 2.45) is 0 Å². The zero-order valence-electron chi connectivity index (χ0n) is 9.85. The third-order valence-electron chi connectivity index (χ3n) is 2.97. The molecule has 0 saturated carbocycles. The van der Waals surface area contributed by atoms with E-state index < -0.39 is 0 Å². The van der Waals surface area contributed by atoms with Crippen LogP contribution in [0.5, 0.6) is 0 Å². The molecule has 3 aromatic rings. The first kappa shape index (κ1) is 11.0. The fraction of sp³-hybridized carbons (Fsp3) is 0. The zero-order chi connectivity index (χ0) is 12.7.